The molecule has 16 heavy (non-hydrogen) atoms. The minimum Gasteiger partial charge on any atom is -0.381 e. The molecule has 2 N–H and O–H groups in total. The summed E-state index contributed by atoms with van der Waals surface area (Å²) in [6.45, 7) is 3.71. The fourth-order valence-electron chi connectivity index (χ4n) is 2.31. The summed E-state index contributed by atoms with van der Waals surface area (Å²) in [4.78, 5) is 13.7. The van der Waals surface area contributed by atoms with Crippen molar-refractivity contribution in [3.63, 3.8) is 0 Å². The molecule has 2 rings (SSSR count). The molecule has 5 nitrogen and oxygen atoms in total. The van der Waals surface area contributed by atoms with Gasteiger partial charge in [-0.1, -0.05) is 0 Å². The Morgan fingerprint density at radius 3 is 2.75 bits per heavy atom. The second-order valence-electron chi connectivity index (χ2n) is 4.51. The van der Waals surface area contributed by atoms with Gasteiger partial charge in [0.2, 0.25) is 5.91 Å². The number of carbonyl (C=O) groups excluding carboxylic acids is 1. The van der Waals surface area contributed by atoms with Crippen LogP contribution < -0.4 is 5.73 Å². The normalized spacial score (nSPS) is 28.4. The Morgan fingerprint density at radius 1 is 1.31 bits per heavy atom. The summed E-state index contributed by atoms with van der Waals surface area (Å²) in [5, 5.41) is 0. The van der Waals surface area contributed by atoms with Gasteiger partial charge in [-0.2, -0.15) is 0 Å². The second kappa shape index (κ2) is 5.61. The average Bonchev–Trinajstić information content (AvgIpc) is 2.33. The largest absolute Gasteiger partial charge is 0.381 e. The molecule has 2 saturated heterocycles. The number of nitrogens with zero attached hydrogens (tertiary/aromatic N) is 1. The van der Waals surface area contributed by atoms with E-state index < -0.39 is 0 Å². The summed E-state index contributed by atoms with van der Waals surface area (Å²) < 4.78 is 10.5. The molecule has 2 aliphatic rings. The molecule has 0 aromatic carbocycles. The van der Waals surface area contributed by atoms with Gasteiger partial charge in [0, 0.05) is 26.3 Å². The molecule has 0 aromatic heterocycles. The highest BCUT2D eigenvalue weighted by atomic mass is 16.5. The van der Waals surface area contributed by atoms with Crippen LogP contribution in [0, 0.1) is 5.92 Å². The van der Waals surface area contributed by atoms with E-state index >= 15 is 0 Å². The summed E-state index contributed by atoms with van der Waals surface area (Å²) in [5.74, 6) is 0.637. The van der Waals surface area contributed by atoms with Crippen LogP contribution in [0.1, 0.15) is 12.8 Å². The molecule has 5 heteroatoms. The molecule has 2 aliphatic heterocycles. The van der Waals surface area contributed by atoms with Gasteiger partial charge in [0.15, 0.2) is 0 Å². The Balaban J connectivity index is 1.91. The van der Waals surface area contributed by atoms with Crippen molar-refractivity contribution in [2.75, 3.05) is 39.5 Å². The van der Waals surface area contributed by atoms with E-state index in [0.717, 1.165) is 32.6 Å². The van der Waals surface area contributed by atoms with Gasteiger partial charge >= 0.3 is 0 Å². The lowest BCUT2D eigenvalue weighted by Gasteiger charge is -2.38. The van der Waals surface area contributed by atoms with Crippen molar-refractivity contribution >= 4 is 5.91 Å². The van der Waals surface area contributed by atoms with Crippen LogP contribution in [0.5, 0.6) is 0 Å². The molecule has 0 radical (unpaired) electrons. The lowest BCUT2D eigenvalue weighted by molar-refractivity contribution is -0.149. The van der Waals surface area contributed by atoms with Crippen molar-refractivity contribution in [3.05, 3.63) is 0 Å². The second-order valence-corrected chi connectivity index (χ2v) is 4.51. The number of morpholine rings is 1. The molecular formula is C11H20N2O3. The number of nitrogens with two attached hydrogens (primary N) is 1. The zero-order valence-corrected chi connectivity index (χ0v) is 9.56. The highest BCUT2D eigenvalue weighted by Crippen LogP contribution is 2.19. The lowest BCUT2D eigenvalue weighted by Crippen LogP contribution is -2.54. The first-order chi connectivity index (χ1) is 7.81. The number of hydrogen-bond acceptors (Lipinski definition) is 4. The summed E-state index contributed by atoms with van der Waals surface area (Å²) in [6, 6.07) is 0.0593. The van der Waals surface area contributed by atoms with E-state index in [9.17, 15) is 4.79 Å². The third-order valence-corrected chi connectivity index (χ3v) is 3.36. The molecular weight excluding hydrogens is 208 g/mol. The smallest absolute Gasteiger partial charge is 0.248 e. The number of amides is 1. The van der Waals surface area contributed by atoms with Crippen LogP contribution in [0.15, 0.2) is 0 Å². The van der Waals surface area contributed by atoms with Crippen LogP contribution in [0.4, 0.5) is 0 Å². The molecule has 0 saturated carbocycles. The van der Waals surface area contributed by atoms with Crippen molar-refractivity contribution in [2.24, 2.45) is 11.7 Å². The molecule has 0 bridgehead atoms. The first-order valence-corrected chi connectivity index (χ1v) is 5.96. The van der Waals surface area contributed by atoms with Gasteiger partial charge in [0.1, 0.15) is 6.61 Å². The summed E-state index contributed by atoms with van der Waals surface area (Å²) in [7, 11) is 0. The molecule has 0 aliphatic carbocycles. The van der Waals surface area contributed by atoms with E-state index in [-0.39, 0.29) is 18.6 Å². The maximum Gasteiger partial charge on any atom is 0.248 e. The zero-order chi connectivity index (χ0) is 11.4. The fourth-order valence-corrected chi connectivity index (χ4v) is 2.31. The Labute approximate surface area is 95.9 Å². The van der Waals surface area contributed by atoms with E-state index in [2.05, 4.69) is 0 Å². The minimum absolute atomic E-state index is 0.0593. The van der Waals surface area contributed by atoms with Crippen molar-refractivity contribution in [1.29, 1.82) is 0 Å². The van der Waals surface area contributed by atoms with Crippen LogP contribution in [-0.4, -0.2) is 56.4 Å². The SMILES string of the molecule is NCC1COCC(=O)N1CC1CCOCC1. The van der Waals surface area contributed by atoms with E-state index in [4.69, 9.17) is 15.2 Å². The first kappa shape index (κ1) is 11.8. The minimum atomic E-state index is 0.0593. The predicted octanol–water partition coefficient (Wildman–Crippen LogP) is -0.401. The molecule has 2 heterocycles. The molecule has 0 spiro atoms. The van der Waals surface area contributed by atoms with E-state index in [1.165, 1.54) is 0 Å². The molecule has 0 aromatic rings. The van der Waals surface area contributed by atoms with Crippen molar-refractivity contribution in [2.45, 2.75) is 18.9 Å². The van der Waals surface area contributed by atoms with Crippen LogP contribution >= 0.6 is 0 Å². The van der Waals surface area contributed by atoms with Crippen LogP contribution in [-0.2, 0) is 14.3 Å². The van der Waals surface area contributed by atoms with Crippen LogP contribution in [0.3, 0.4) is 0 Å². The van der Waals surface area contributed by atoms with Gasteiger partial charge in [-0.25, -0.2) is 0 Å². The monoisotopic (exact) mass is 228 g/mol. The average molecular weight is 228 g/mol. The highest BCUT2D eigenvalue weighted by molar-refractivity contribution is 5.78. The molecule has 1 amide bonds. The van der Waals surface area contributed by atoms with E-state index in [0.29, 0.717) is 19.1 Å². The fraction of sp³-hybridized carbons (Fsp3) is 0.909. The van der Waals surface area contributed by atoms with Crippen molar-refractivity contribution in [1.82, 2.24) is 4.90 Å². The van der Waals surface area contributed by atoms with Gasteiger partial charge in [-0.15, -0.1) is 0 Å². The zero-order valence-electron chi connectivity index (χ0n) is 9.56. The van der Waals surface area contributed by atoms with Gasteiger partial charge in [-0.05, 0) is 18.8 Å². The Bertz CT molecular complexity index is 241. The quantitative estimate of drug-likeness (QED) is 0.714. The van der Waals surface area contributed by atoms with E-state index in [1.807, 2.05) is 4.90 Å². The summed E-state index contributed by atoms with van der Waals surface area (Å²) in [5.41, 5.74) is 5.66. The molecule has 2 fully saturated rings. The van der Waals surface area contributed by atoms with Gasteiger partial charge in [0.05, 0.1) is 12.6 Å². The van der Waals surface area contributed by atoms with Gasteiger partial charge in [0.25, 0.3) is 0 Å². The maximum atomic E-state index is 11.8. The topological polar surface area (TPSA) is 64.8 Å². The summed E-state index contributed by atoms with van der Waals surface area (Å²) >= 11 is 0. The Morgan fingerprint density at radius 2 is 2.06 bits per heavy atom. The first-order valence-electron chi connectivity index (χ1n) is 5.96. The van der Waals surface area contributed by atoms with Gasteiger partial charge in [-0.3, -0.25) is 4.79 Å². The number of rotatable bonds is 3. The van der Waals surface area contributed by atoms with E-state index in [1.54, 1.807) is 0 Å². The molecule has 1 atom stereocenters. The highest BCUT2D eigenvalue weighted by Gasteiger charge is 2.30. The standard InChI is InChI=1S/C11H20N2O3/c12-5-10-7-16-8-11(14)13(10)6-9-1-3-15-4-2-9/h9-10H,1-8,12H2. The number of carbonyl (C=O) groups is 1. The Hall–Kier alpha value is -0.650. The van der Waals surface area contributed by atoms with Crippen LogP contribution in [0.2, 0.25) is 0 Å². The van der Waals surface area contributed by atoms with Crippen molar-refractivity contribution < 1.29 is 14.3 Å². The van der Waals surface area contributed by atoms with Crippen LogP contribution in [0.25, 0.3) is 0 Å². The third-order valence-electron chi connectivity index (χ3n) is 3.36. The lowest BCUT2D eigenvalue weighted by atomic mass is 9.98. The third kappa shape index (κ3) is 2.72. The summed E-state index contributed by atoms with van der Waals surface area (Å²) in [6.07, 6.45) is 2.09. The number of hydrogen-bond donors (Lipinski definition) is 1. The molecule has 92 valence electrons. The number of ether oxygens (including phenoxy) is 2. The predicted molar refractivity (Wildman–Crippen MR) is 58.9 cm³/mol. The maximum absolute atomic E-state index is 11.8. The molecule has 1 unspecified atom stereocenters. The van der Waals surface area contributed by atoms with Crippen molar-refractivity contribution in [3.8, 4) is 0 Å². The van der Waals surface area contributed by atoms with Gasteiger partial charge < -0.3 is 20.1 Å². The Kier molecular flexibility index (Phi) is 4.15.